The van der Waals surface area contributed by atoms with Crippen LogP contribution in [0.15, 0.2) is 12.1 Å². The van der Waals surface area contributed by atoms with Gasteiger partial charge in [0.1, 0.15) is 5.82 Å². The number of amides is 2. The number of nitrogens with zero attached hydrogens (tertiary/aromatic N) is 3. The lowest BCUT2D eigenvalue weighted by Crippen LogP contribution is -2.17. The maximum atomic E-state index is 14.0. The Morgan fingerprint density at radius 2 is 1.93 bits per heavy atom. The number of methoxy groups -OCH3 is 1. The molecule has 0 spiro atoms. The molecule has 0 saturated heterocycles. The number of benzene rings is 1. The number of primary amides is 1. The number of carbonyl (C=O) groups excluding carboxylic acids is 2. The summed E-state index contributed by atoms with van der Waals surface area (Å²) in [5, 5.41) is 7.81. The quantitative estimate of drug-likeness (QED) is 0.645. The number of carbonyl (C=O) groups is 2. The van der Waals surface area contributed by atoms with Gasteiger partial charge in [-0.3, -0.25) is 9.59 Å². The molecule has 0 bridgehead atoms. The van der Waals surface area contributed by atoms with Crippen molar-refractivity contribution < 1.29 is 18.7 Å². The van der Waals surface area contributed by atoms with E-state index in [0.717, 1.165) is 28.3 Å². The van der Waals surface area contributed by atoms with E-state index in [1.807, 2.05) is 13.8 Å². The van der Waals surface area contributed by atoms with Crippen LogP contribution in [0, 0.1) is 26.6 Å². The fourth-order valence-electron chi connectivity index (χ4n) is 3.51. The first kappa shape index (κ1) is 21.2. The molecular weight excluding hydrogens is 389 g/mol. The summed E-state index contributed by atoms with van der Waals surface area (Å²) >= 11 is 0. The molecule has 0 fully saturated rings. The molecule has 0 unspecified atom stereocenters. The van der Waals surface area contributed by atoms with Gasteiger partial charge in [0.2, 0.25) is 17.7 Å². The van der Waals surface area contributed by atoms with Crippen LogP contribution in [0.1, 0.15) is 39.2 Å². The van der Waals surface area contributed by atoms with Gasteiger partial charge in [0.15, 0.2) is 5.65 Å². The van der Waals surface area contributed by atoms with Crippen molar-refractivity contribution >= 4 is 28.5 Å². The monoisotopic (exact) mass is 413 g/mol. The van der Waals surface area contributed by atoms with Crippen molar-refractivity contribution in [3.63, 3.8) is 0 Å². The van der Waals surface area contributed by atoms with Gasteiger partial charge in [-0.15, -0.1) is 5.10 Å². The molecule has 3 N–H and O–H groups in total. The molecule has 0 saturated carbocycles. The molecule has 0 radical (unpaired) electrons. The first-order valence-corrected chi connectivity index (χ1v) is 9.40. The van der Waals surface area contributed by atoms with Crippen molar-refractivity contribution in [2.24, 2.45) is 12.8 Å². The summed E-state index contributed by atoms with van der Waals surface area (Å²) in [7, 11) is 3.35. The summed E-state index contributed by atoms with van der Waals surface area (Å²) in [5.74, 6) is -1.19. The third kappa shape index (κ3) is 3.83. The number of rotatable bonds is 6. The zero-order valence-corrected chi connectivity index (χ0v) is 17.6. The number of anilines is 1. The lowest BCUT2D eigenvalue weighted by atomic mass is 10.00. The van der Waals surface area contributed by atoms with Crippen LogP contribution >= 0.6 is 0 Å². The summed E-state index contributed by atoms with van der Waals surface area (Å²) in [5.41, 5.74) is 9.09. The van der Waals surface area contributed by atoms with Crippen LogP contribution in [0.2, 0.25) is 0 Å². The smallest absolute Gasteiger partial charge is 0.248 e. The fourth-order valence-corrected chi connectivity index (χ4v) is 3.51. The maximum absolute atomic E-state index is 14.0. The SMILES string of the molecule is COc1nn(C)c2nc(C)c(CCC(=O)Nc3cc(C(N)=O)cc(F)c3C)c(C)c12. The fraction of sp³-hybridized carbons (Fsp3) is 0.333. The Hall–Kier alpha value is -3.49. The van der Waals surface area contributed by atoms with Gasteiger partial charge >= 0.3 is 0 Å². The molecule has 0 atom stereocenters. The first-order valence-electron chi connectivity index (χ1n) is 9.40. The minimum absolute atomic E-state index is 0.00147. The molecule has 30 heavy (non-hydrogen) atoms. The number of halogens is 1. The van der Waals surface area contributed by atoms with E-state index >= 15 is 0 Å². The standard InChI is InChI=1S/C21H24FN5O3/c1-10-14(12(3)24-20-18(10)21(30-5)26-27(20)4)6-7-17(28)25-16-9-13(19(23)29)8-15(22)11(16)2/h8-9H,6-7H2,1-5H3,(H2,23,29)(H,25,28). The molecule has 0 aliphatic rings. The molecule has 9 heteroatoms. The molecule has 0 aliphatic heterocycles. The van der Waals surface area contributed by atoms with E-state index in [1.165, 1.54) is 13.0 Å². The van der Waals surface area contributed by atoms with E-state index < -0.39 is 11.7 Å². The van der Waals surface area contributed by atoms with Crippen LogP contribution in [-0.2, 0) is 18.3 Å². The molecule has 2 aromatic heterocycles. The van der Waals surface area contributed by atoms with Gasteiger partial charge in [-0.05, 0) is 50.5 Å². The second-order valence-corrected chi connectivity index (χ2v) is 7.18. The minimum Gasteiger partial charge on any atom is -0.479 e. The lowest BCUT2D eigenvalue weighted by molar-refractivity contribution is -0.116. The molecule has 2 heterocycles. The summed E-state index contributed by atoms with van der Waals surface area (Å²) in [4.78, 5) is 28.5. The van der Waals surface area contributed by atoms with Crippen molar-refractivity contribution in [1.29, 1.82) is 0 Å². The number of ether oxygens (including phenoxy) is 1. The van der Waals surface area contributed by atoms with Gasteiger partial charge < -0.3 is 15.8 Å². The van der Waals surface area contributed by atoms with Crippen molar-refractivity contribution in [2.45, 2.75) is 33.6 Å². The van der Waals surface area contributed by atoms with Crippen LogP contribution in [0.25, 0.3) is 11.0 Å². The molecule has 158 valence electrons. The number of aryl methyl sites for hydroxylation is 3. The van der Waals surface area contributed by atoms with Crippen molar-refractivity contribution in [1.82, 2.24) is 14.8 Å². The maximum Gasteiger partial charge on any atom is 0.248 e. The highest BCUT2D eigenvalue weighted by Crippen LogP contribution is 2.30. The highest BCUT2D eigenvalue weighted by Gasteiger charge is 2.19. The third-order valence-corrected chi connectivity index (χ3v) is 5.22. The van der Waals surface area contributed by atoms with E-state index in [4.69, 9.17) is 10.5 Å². The number of nitrogens with two attached hydrogens (primary N) is 1. The van der Waals surface area contributed by atoms with E-state index in [1.54, 1.807) is 18.8 Å². The number of pyridine rings is 1. The Morgan fingerprint density at radius 1 is 1.23 bits per heavy atom. The Kier molecular flexibility index (Phi) is 5.73. The van der Waals surface area contributed by atoms with Gasteiger partial charge in [0, 0.05) is 36.0 Å². The predicted molar refractivity (Wildman–Crippen MR) is 111 cm³/mol. The molecule has 3 aromatic rings. The Bertz CT molecular complexity index is 1170. The Morgan fingerprint density at radius 3 is 2.57 bits per heavy atom. The van der Waals surface area contributed by atoms with E-state index in [0.29, 0.717) is 17.9 Å². The molecule has 1 aromatic carbocycles. The zero-order chi connectivity index (χ0) is 22.2. The van der Waals surface area contributed by atoms with E-state index in [-0.39, 0.29) is 29.1 Å². The van der Waals surface area contributed by atoms with Crippen LogP contribution < -0.4 is 15.8 Å². The number of hydrogen-bond donors (Lipinski definition) is 2. The van der Waals surface area contributed by atoms with E-state index in [9.17, 15) is 14.0 Å². The lowest BCUT2D eigenvalue weighted by Gasteiger charge is -2.13. The zero-order valence-electron chi connectivity index (χ0n) is 17.6. The Labute approximate surface area is 173 Å². The number of hydrogen-bond acceptors (Lipinski definition) is 5. The minimum atomic E-state index is -0.763. The highest BCUT2D eigenvalue weighted by atomic mass is 19.1. The summed E-state index contributed by atoms with van der Waals surface area (Å²) in [6.07, 6.45) is 0.584. The normalized spacial score (nSPS) is 11.0. The number of nitrogens with one attached hydrogen (secondary N) is 1. The van der Waals surface area contributed by atoms with E-state index in [2.05, 4.69) is 15.4 Å². The van der Waals surface area contributed by atoms with Crippen LogP contribution in [0.5, 0.6) is 5.88 Å². The molecular formula is C21H24FN5O3. The van der Waals surface area contributed by atoms with Gasteiger partial charge in [0.25, 0.3) is 0 Å². The predicted octanol–water partition coefficient (Wildman–Crippen LogP) is 2.71. The molecule has 8 nitrogen and oxygen atoms in total. The Balaban J connectivity index is 1.83. The average Bonchev–Trinajstić information content (AvgIpc) is 3.00. The van der Waals surface area contributed by atoms with Crippen molar-refractivity contribution in [3.8, 4) is 5.88 Å². The number of aromatic nitrogens is 3. The van der Waals surface area contributed by atoms with Crippen LogP contribution in [0.4, 0.5) is 10.1 Å². The average molecular weight is 413 g/mol. The number of fused-ring (bicyclic) bond motifs is 1. The van der Waals surface area contributed by atoms with Gasteiger partial charge in [0.05, 0.1) is 12.5 Å². The second-order valence-electron chi connectivity index (χ2n) is 7.18. The van der Waals surface area contributed by atoms with Gasteiger partial charge in [-0.25, -0.2) is 14.1 Å². The van der Waals surface area contributed by atoms with Gasteiger partial charge in [-0.1, -0.05) is 0 Å². The summed E-state index contributed by atoms with van der Waals surface area (Å²) < 4.78 is 21.1. The van der Waals surface area contributed by atoms with Gasteiger partial charge in [-0.2, -0.15) is 0 Å². The van der Waals surface area contributed by atoms with Crippen LogP contribution in [-0.4, -0.2) is 33.7 Å². The highest BCUT2D eigenvalue weighted by molar-refractivity contribution is 5.97. The third-order valence-electron chi connectivity index (χ3n) is 5.22. The summed E-state index contributed by atoms with van der Waals surface area (Å²) in [6, 6.07) is 2.44. The van der Waals surface area contributed by atoms with Crippen molar-refractivity contribution in [3.05, 3.63) is 45.9 Å². The topological polar surface area (TPSA) is 112 Å². The van der Waals surface area contributed by atoms with Crippen molar-refractivity contribution in [2.75, 3.05) is 12.4 Å². The van der Waals surface area contributed by atoms with Crippen LogP contribution in [0.3, 0.4) is 0 Å². The second kappa shape index (κ2) is 8.10. The largest absolute Gasteiger partial charge is 0.479 e. The molecule has 2 amide bonds. The first-order chi connectivity index (χ1) is 14.1. The molecule has 3 rings (SSSR count). The summed E-state index contributed by atoms with van der Waals surface area (Å²) in [6.45, 7) is 5.36. The molecule has 0 aliphatic carbocycles.